The quantitative estimate of drug-likeness (QED) is 0.251. The van der Waals surface area contributed by atoms with Crippen LogP contribution in [0.15, 0.2) is 91.1 Å². The summed E-state index contributed by atoms with van der Waals surface area (Å²) in [5.74, 6) is 0.546. The Morgan fingerprint density at radius 3 is 2.59 bits per heavy atom. The van der Waals surface area contributed by atoms with Crippen molar-refractivity contribution >= 4 is 38.8 Å². The maximum Gasteiger partial charge on any atom is 0.309 e. The van der Waals surface area contributed by atoms with Crippen molar-refractivity contribution < 1.29 is 14.6 Å². The Morgan fingerprint density at radius 2 is 1.72 bits per heavy atom. The highest BCUT2D eigenvalue weighted by molar-refractivity contribution is 5.81. The van der Waals surface area contributed by atoms with Gasteiger partial charge in [0.15, 0.2) is 0 Å². The number of nitrogens with zero attached hydrogens (tertiary/aromatic N) is 4. The van der Waals surface area contributed by atoms with E-state index in [1.54, 1.807) is 20.0 Å². The van der Waals surface area contributed by atoms with Gasteiger partial charge < -0.3 is 14.4 Å². The molecule has 0 atom stereocenters. The minimum absolute atomic E-state index is 0.295. The standard InChI is InChI=1S/C32H28N4O3/c1-32(2,31(37)38)18-30-35-28-17-25(39-20-24-11-10-22-6-3-4-8-27(22)34-24)12-14-29(28)36(30)19-21-9-13-26-23(16-21)7-5-15-33-26/h3-17H,18-20H2,1-2H3,(H,37,38). The van der Waals surface area contributed by atoms with Crippen LogP contribution in [0.25, 0.3) is 32.8 Å². The maximum atomic E-state index is 11.9. The van der Waals surface area contributed by atoms with Crippen molar-refractivity contribution in [3.05, 3.63) is 108 Å². The number of para-hydroxylation sites is 1. The number of aromatic nitrogens is 4. The number of aliphatic carboxylic acids is 1. The topological polar surface area (TPSA) is 90.1 Å². The zero-order valence-corrected chi connectivity index (χ0v) is 21.8. The summed E-state index contributed by atoms with van der Waals surface area (Å²) in [4.78, 5) is 25.9. The molecule has 0 saturated heterocycles. The highest BCUT2D eigenvalue weighted by Gasteiger charge is 2.30. The number of hydrogen-bond donors (Lipinski definition) is 1. The molecular weight excluding hydrogens is 488 g/mol. The van der Waals surface area contributed by atoms with E-state index in [4.69, 9.17) is 14.7 Å². The van der Waals surface area contributed by atoms with Crippen molar-refractivity contribution in [2.24, 2.45) is 5.41 Å². The predicted molar refractivity (Wildman–Crippen MR) is 152 cm³/mol. The fourth-order valence-corrected chi connectivity index (χ4v) is 4.78. The van der Waals surface area contributed by atoms with E-state index in [2.05, 4.69) is 21.7 Å². The molecule has 0 spiro atoms. The third-order valence-corrected chi connectivity index (χ3v) is 7.03. The molecule has 39 heavy (non-hydrogen) atoms. The van der Waals surface area contributed by atoms with Gasteiger partial charge >= 0.3 is 5.97 Å². The van der Waals surface area contributed by atoms with Gasteiger partial charge in [0.25, 0.3) is 0 Å². The van der Waals surface area contributed by atoms with E-state index in [1.165, 1.54) is 0 Å². The van der Waals surface area contributed by atoms with E-state index < -0.39 is 11.4 Å². The number of ether oxygens (including phenoxy) is 1. The lowest BCUT2D eigenvalue weighted by Crippen LogP contribution is -2.27. The molecule has 1 N–H and O–H groups in total. The Bertz CT molecular complexity index is 1840. The molecule has 3 aromatic carbocycles. The van der Waals surface area contributed by atoms with Crippen LogP contribution in [0.4, 0.5) is 0 Å². The number of imidazole rings is 1. The van der Waals surface area contributed by atoms with Crippen LogP contribution in [-0.4, -0.2) is 30.6 Å². The van der Waals surface area contributed by atoms with Crippen LogP contribution in [0, 0.1) is 5.41 Å². The molecule has 0 saturated carbocycles. The lowest BCUT2D eigenvalue weighted by Gasteiger charge is -2.19. The minimum Gasteiger partial charge on any atom is -0.487 e. The van der Waals surface area contributed by atoms with Crippen LogP contribution in [0.3, 0.4) is 0 Å². The van der Waals surface area contributed by atoms with Gasteiger partial charge in [0.1, 0.15) is 18.2 Å². The van der Waals surface area contributed by atoms with Gasteiger partial charge in [-0.15, -0.1) is 0 Å². The number of hydrogen-bond acceptors (Lipinski definition) is 5. The van der Waals surface area contributed by atoms with Gasteiger partial charge in [-0.05, 0) is 61.9 Å². The average Bonchev–Trinajstić information content (AvgIpc) is 3.26. The largest absolute Gasteiger partial charge is 0.487 e. The Labute approximate surface area is 225 Å². The van der Waals surface area contributed by atoms with Gasteiger partial charge in [0, 0.05) is 36.0 Å². The zero-order chi connectivity index (χ0) is 27.0. The third-order valence-electron chi connectivity index (χ3n) is 7.03. The van der Waals surface area contributed by atoms with Crippen molar-refractivity contribution in [2.45, 2.75) is 33.4 Å². The molecular formula is C32H28N4O3. The summed E-state index contributed by atoms with van der Waals surface area (Å²) in [7, 11) is 0. The lowest BCUT2D eigenvalue weighted by molar-refractivity contribution is -0.146. The van der Waals surface area contributed by atoms with Gasteiger partial charge in [0.2, 0.25) is 0 Å². The first kappa shape index (κ1) is 24.6. The summed E-state index contributed by atoms with van der Waals surface area (Å²) in [6, 6.07) is 28.0. The van der Waals surface area contributed by atoms with Crippen molar-refractivity contribution in [2.75, 3.05) is 0 Å². The number of carbonyl (C=O) groups is 1. The molecule has 7 nitrogen and oxygen atoms in total. The number of carboxylic acids is 1. The van der Waals surface area contributed by atoms with Crippen molar-refractivity contribution in [3.63, 3.8) is 0 Å². The fourth-order valence-electron chi connectivity index (χ4n) is 4.78. The van der Waals surface area contributed by atoms with E-state index in [9.17, 15) is 9.90 Å². The fraction of sp³-hybridized carbons (Fsp3) is 0.188. The summed E-state index contributed by atoms with van der Waals surface area (Å²) in [5.41, 5.74) is 4.52. The molecule has 3 heterocycles. The van der Waals surface area contributed by atoms with E-state index in [0.29, 0.717) is 25.3 Å². The molecule has 3 aromatic heterocycles. The third kappa shape index (κ3) is 5.03. The second-order valence-electron chi connectivity index (χ2n) is 10.4. The molecule has 0 fully saturated rings. The van der Waals surface area contributed by atoms with E-state index >= 15 is 0 Å². The number of pyridine rings is 2. The van der Waals surface area contributed by atoms with Crippen molar-refractivity contribution in [3.8, 4) is 5.75 Å². The van der Waals surface area contributed by atoms with Crippen LogP contribution in [-0.2, 0) is 24.4 Å². The summed E-state index contributed by atoms with van der Waals surface area (Å²) in [5, 5.41) is 11.9. The predicted octanol–water partition coefficient (Wildman–Crippen LogP) is 6.41. The second kappa shape index (κ2) is 9.83. The summed E-state index contributed by atoms with van der Waals surface area (Å²) in [6.45, 7) is 4.35. The lowest BCUT2D eigenvalue weighted by atomic mass is 9.89. The smallest absolute Gasteiger partial charge is 0.309 e. The number of rotatable bonds is 8. The van der Waals surface area contributed by atoms with Crippen LogP contribution < -0.4 is 4.74 Å². The van der Waals surface area contributed by atoms with Crippen LogP contribution in [0.2, 0.25) is 0 Å². The Balaban J connectivity index is 1.32. The van der Waals surface area contributed by atoms with Gasteiger partial charge in [-0.25, -0.2) is 9.97 Å². The Morgan fingerprint density at radius 1 is 0.872 bits per heavy atom. The Kier molecular flexibility index (Phi) is 6.19. The molecule has 0 unspecified atom stereocenters. The maximum absolute atomic E-state index is 11.9. The summed E-state index contributed by atoms with van der Waals surface area (Å²) >= 11 is 0. The van der Waals surface area contributed by atoms with E-state index in [0.717, 1.165) is 49.9 Å². The molecule has 7 heteroatoms. The summed E-state index contributed by atoms with van der Waals surface area (Å²) in [6.07, 6.45) is 2.08. The van der Waals surface area contributed by atoms with Crippen LogP contribution >= 0.6 is 0 Å². The molecule has 194 valence electrons. The Hall–Kier alpha value is -4.78. The first-order chi connectivity index (χ1) is 18.9. The van der Waals surface area contributed by atoms with Crippen molar-refractivity contribution in [1.82, 2.24) is 19.5 Å². The van der Waals surface area contributed by atoms with Gasteiger partial charge in [-0.1, -0.05) is 36.4 Å². The van der Waals surface area contributed by atoms with E-state index in [-0.39, 0.29) is 0 Å². The molecule has 0 aliphatic heterocycles. The molecule has 0 bridgehead atoms. The van der Waals surface area contributed by atoms with Gasteiger partial charge in [0.05, 0.1) is 33.2 Å². The van der Waals surface area contributed by atoms with Crippen LogP contribution in [0.1, 0.15) is 30.9 Å². The number of carboxylic acid groups (broad SMARTS) is 1. The SMILES string of the molecule is CC(C)(Cc1nc2cc(OCc3ccc4ccccc4n3)ccc2n1Cc1ccc2ncccc2c1)C(=O)O. The molecule has 0 amide bonds. The minimum atomic E-state index is -0.965. The van der Waals surface area contributed by atoms with Crippen molar-refractivity contribution in [1.29, 1.82) is 0 Å². The monoisotopic (exact) mass is 516 g/mol. The zero-order valence-electron chi connectivity index (χ0n) is 21.8. The van der Waals surface area contributed by atoms with Gasteiger partial charge in [-0.3, -0.25) is 9.78 Å². The van der Waals surface area contributed by atoms with Gasteiger partial charge in [-0.2, -0.15) is 0 Å². The number of fused-ring (bicyclic) bond motifs is 3. The normalized spacial score (nSPS) is 11.8. The highest BCUT2D eigenvalue weighted by Crippen LogP contribution is 2.29. The van der Waals surface area contributed by atoms with Crippen LogP contribution in [0.5, 0.6) is 5.75 Å². The number of benzene rings is 3. The molecule has 6 rings (SSSR count). The summed E-state index contributed by atoms with van der Waals surface area (Å²) < 4.78 is 8.19. The molecule has 6 aromatic rings. The first-order valence-corrected chi connectivity index (χ1v) is 12.9. The molecule has 0 aliphatic carbocycles. The molecule has 0 radical (unpaired) electrons. The van der Waals surface area contributed by atoms with E-state index in [1.807, 2.05) is 72.8 Å². The first-order valence-electron chi connectivity index (χ1n) is 12.9. The molecule has 0 aliphatic rings. The second-order valence-corrected chi connectivity index (χ2v) is 10.4. The average molecular weight is 517 g/mol. The highest BCUT2D eigenvalue weighted by atomic mass is 16.5.